The van der Waals surface area contributed by atoms with Gasteiger partial charge in [0, 0.05) is 5.33 Å². The maximum Gasteiger partial charge on any atom is 0.191 e. The predicted octanol–water partition coefficient (Wildman–Crippen LogP) is 2.88. The van der Waals surface area contributed by atoms with Crippen LogP contribution in [-0.2, 0) is 9.84 Å². The highest BCUT2D eigenvalue weighted by Crippen LogP contribution is 2.21. The number of hydrogen-bond donors (Lipinski definition) is 0. The Morgan fingerprint density at radius 3 is 2.21 bits per heavy atom. The maximum atomic E-state index is 11.8. The number of rotatable bonds is 3. The molecular weight excluding hydrogens is 332 g/mol. The van der Waals surface area contributed by atoms with Gasteiger partial charge in [-0.25, -0.2) is 8.42 Å². The number of sulfone groups is 1. The zero-order valence-corrected chi connectivity index (χ0v) is 11.6. The monoisotopic (exact) mass is 340 g/mol. The fourth-order valence-electron chi connectivity index (χ4n) is 0.959. The lowest BCUT2D eigenvalue weighted by Crippen LogP contribution is -2.16. The second-order valence-corrected chi connectivity index (χ2v) is 7.41. The molecule has 1 aromatic carbocycles. The molecule has 0 heterocycles. The molecule has 1 rings (SSSR count). The van der Waals surface area contributed by atoms with E-state index in [2.05, 4.69) is 31.9 Å². The fraction of sp³-hybridized carbons (Fsp3) is 0.333. The number of benzene rings is 1. The van der Waals surface area contributed by atoms with Crippen LogP contribution in [0.15, 0.2) is 29.2 Å². The van der Waals surface area contributed by atoms with Crippen molar-refractivity contribution < 1.29 is 8.42 Å². The molecule has 0 spiro atoms. The van der Waals surface area contributed by atoms with Crippen molar-refractivity contribution >= 4 is 41.7 Å². The molecule has 0 saturated heterocycles. The molecule has 0 saturated carbocycles. The third kappa shape index (κ3) is 2.58. The summed E-state index contributed by atoms with van der Waals surface area (Å²) in [6.07, 6.45) is 0. The summed E-state index contributed by atoms with van der Waals surface area (Å²) in [7, 11) is -3.24. The van der Waals surface area contributed by atoms with Crippen LogP contribution in [0.4, 0.5) is 0 Å². The first-order valence-electron chi connectivity index (χ1n) is 3.99. The quantitative estimate of drug-likeness (QED) is 0.792. The van der Waals surface area contributed by atoms with Gasteiger partial charge in [0.25, 0.3) is 0 Å². The van der Waals surface area contributed by atoms with Crippen molar-refractivity contribution in [2.75, 3.05) is 5.33 Å². The molecule has 0 amide bonds. The van der Waals surface area contributed by atoms with Gasteiger partial charge in [-0.15, -0.1) is 0 Å². The highest BCUT2D eigenvalue weighted by atomic mass is 79.9. The van der Waals surface area contributed by atoms with Crippen LogP contribution >= 0.6 is 31.9 Å². The molecule has 78 valence electrons. The number of hydrogen-bond acceptors (Lipinski definition) is 2. The molecule has 1 aromatic rings. The van der Waals surface area contributed by atoms with Crippen molar-refractivity contribution in [2.45, 2.75) is 16.0 Å². The normalized spacial score (nSPS) is 13.9. The molecule has 0 bridgehead atoms. The van der Waals surface area contributed by atoms with E-state index in [4.69, 9.17) is 0 Å². The van der Waals surface area contributed by atoms with Crippen LogP contribution in [0.2, 0.25) is 0 Å². The maximum absolute atomic E-state index is 11.8. The molecule has 14 heavy (non-hydrogen) atoms. The summed E-state index contributed by atoms with van der Waals surface area (Å²) >= 11 is 6.26. The van der Waals surface area contributed by atoms with E-state index >= 15 is 0 Å². The Hall–Kier alpha value is 0.130. The molecule has 5 heteroatoms. The summed E-state index contributed by atoms with van der Waals surface area (Å²) in [6.45, 7) is 1.92. The van der Waals surface area contributed by atoms with Gasteiger partial charge in [0.15, 0.2) is 9.84 Å². The minimum absolute atomic E-state index is 0.351. The Morgan fingerprint density at radius 1 is 1.29 bits per heavy atom. The van der Waals surface area contributed by atoms with E-state index in [-0.39, 0.29) is 0 Å². The minimum atomic E-state index is -3.24. The van der Waals surface area contributed by atoms with Gasteiger partial charge in [-0.2, -0.15) is 0 Å². The van der Waals surface area contributed by atoms with E-state index in [0.717, 1.165) is 5.56 Å². The molecule has 0 N–H and O–H groups in total. The lowest BCUT2D eigenvalue weighted by molar-refractivity contribution is 0.596. The lowest BCUT2D eigenvalue weighted by Gasteiger charge is -2.08. The standard InChI is InChI=1S/C9H10Br2O2S/c1-7-2-4-8(5-3-7)14(12,13)9(11)6-10/h2-5,9H,6H2,1H3. The van der Waals surface area contributed by atoms with Crippen LogP contribution in [-0.4, -0.2) is 17.9 Å². The first kappa shape index (κ1) is 12.2. The van der Waals surface area contributed by atoms with Gasteiger partial charge in [0.2, 0.25) is 0 Å². The van der Waals surface area contributed by atoms with E-state index in [1.165, 1.54) is 0 Å². The van der Waals surface area contributed by atoms with E-state index in [9.17, 15) is 8.42 Å². The van der Waals surface area contributed by atoms with Crippen molar-refractivity contribution in [3.05, 3.63) is 29.8 Å². The van der Waals surface area contributed by atoms with E-state index in [1.807, 2.05) is 6.92 Å². The van der Waals surface area contributed by atoms with Gasteiger partial charge >= 0.3 is 0 Å². The fourth-order valence-corrected chi connectivity index (χ4v) is 3.63. The van der Waals surface area contributed by atoms with Crippen molar-refractivity contribution in [1.29, 1.82) is 0 Å². The van der Waals surface area contributed by atoms with Gasteiger partial charge < -0.3 is 0 Å². The molecule has 2 nitrogen and oxygen atoms in total. The third-order valence-electron chi connectivity index (χ3n) is 1.81. The van der Waals surface area contributed by atoms with E-state index in [0.29, 0.717) is 10.2 Å². The first-order chi connectivity index (χ1) is 6.48. The lowest BCUT2D eigenvalue weighted by atomic mass is 10.2. The SMILES string of the molecule is Cc1ccc(S(=O)(=O)C(Br)CBr)cc1. The van der Waals surface area contributed by atoms with Crippen LogP contribution in [0.3, 0.4) is 0 Å². The van der Waals surface area contributed by atoms with Gasteiger partial charge in [-0.3, -0.25) is 0 Å². The molecule has 0 aliphatic rings. The predicted molar refractivity (Wildman–Crippen MR) is 64.9 cm³/mol. The largest absolute Gasteiger partial charge is 0.222 e. The summed E-state index contributed by atoms with van der Waals surface area (Å²) in [4.78, 5) is 0.351. The molecule has 0 aliphatic carbocycles. The molecule has 0 fully saturated rings. The van der Waals surface area contributed by atoms with Crippen LogP contribution in [0.5, 0.6) is 0 Å². The average molecular weight is 342 g/mol. The van der Waals surface area contributed by atoms with Gasteiger partial charge in [0.05, 0.1) is 4.90 Å². The first-order valence-corrected chi connectivity index (χ1v) is 7.57. The molecule has 0 aliphatic heterocycles. The third-order valence-corrected chi connectivity index (χ3v) is 7.32. The summed E-state index contributed by atoms with van der Waals surface area (Å²) in [5, 5.41) is 0.378. The van der Waals surface area contributed by atoms with Crippen molar-refractivity contribution in [3.63, 3.8) is 0 Å². The van der Waals surface area contributed by atoms with E-state index in [1.54, 1.807) is 24.3 Å². The van der Waals surface area contributed by atoms with Crippen LogP contribution in [0, 0.1) is 6.92 Å². The second kappa shape index (κ2) is 4.77. The zero-order valence-electron chi connectivity index (χ0n) is 7.57. The highest BCUT2D eigenvalue weighted by Gasteiger charge is 2.23. The summed E-state index contributed by atoms with van der Waals surface area (Å²) in [5.74, 6) is 0. The average Bonchev–Trinajstić information content (AvgIpc) is 2.17. The Kier molecular flexibility index (Phi) is 4.15. The summed E-state index contributed by atoms with van der Waals surface area (Å²) in [6, 6.07) is 6.84. The number of halogens is 2. The highest BCUT2D eigenvalue weighted by molar-refractivity contribution is 9.13. The molecule has 0 aromatic heterocycles. The molecular formula is C9H10Br2O2S. The Balaban J connectivity index is 3.11. The summed E-state index contributed by atoms with van der Waals surface area (Å²) in [5.41, 5.74) is 1.05. The van der Waals surface area contributed by atoms with Gasteiger partial charge in [-0.1, -0.05) is 49.6 Å². The zero-order chi connectivity index (χ0) is 10.8. The van der Waals surface area contributed by atoms with Crippen molar-refractivity contribution in [2.24, 2.45) is 0 Å². The Bertz CT molecular complexity index is 397. The summed E-state index contributed by atoms with van der Waals surface area (Å²) < 4.78 is 23.0. The molecule has 1 atom stereocenters. The van der Waals surface area contributed by atoms with Crippen LogP contribution < -0.4 is 0 Å². The molecule has 0 radical (unpaired) electrons. The topological polar surface area (TPSA) is 34.1 Å². The van der Waals surface area contributed by atoms with Crippen molar-refractivity contribution in [1.82, 2.24) is 0 Å². The van der Waals surface area contributed by atoms with Crippen molar-refractivity contribution in [3.8, 4) is 0 Å². The smallest absolute Gasteiger partial charge is 0.191 e. The minimum Gasteiger partial charge on any atom is -0.222 e. The van der Waals surface area contributed by atoms with Gasteiger partial charge in [0.1, 0.15) is 4.16 Å². The van der Waals surface area contributed by atoms with Crippen LogP contribution in [0.25, 0.3) is 0 Å². The Labute approximate surface area is 101 Å². The second-order valence-electron chi connectivity index (χ2n) is 2.92. The number of alkyl halides is 2. The van der Waals surface area contributed by atoms with E-state index < -0.39 is 14.0 Å². The van der Waals surface area contributed by atoms with Gasteiger partial charge in [-0.05, 0) is 19.1 Å². The number of aryl methyl sites for hydroxylation is 1. The van der Waals surface area contributed by atoms with Crippen LogP contribution in [0.1, 0.15) is 5.56 Å². The Morgan fingerprint density at radius 2 is 1.79 bits per heavy atom. The molecule has 1 unspecified atom stereocenters.